The summed E-state index contributed by atoms with van der Waals surface area (Å²) in [6, 6.07) is 0. The van der Waals surface area contributed by atoms with E-state index >= 15 is 0 Å². The molecule has 1 N–H and O–H groups in total. The van der Waals surface area contributed by atoms with Crippen LogP contribution in [0.5, 0.6) is 0 Å². The van der Waals surface area contributed by atoms with Crippen LogP contribution < -0.4 is 5.32 Å². The monoisotopic (exact) mass is 364 g/mol. The van der Waals surface area contributed by atoms with Crippen molar-refractivity contribution in [2.24, 2.45) is 11.8 Å². The van der Waals surface area contributed by atoms with Crippen molar-refractivity contribution in [3.05, 3.63) is 5.01 Å². The van der Waals surface area contributed by atoms with Gasteiger partial charge in [0.2, 0.25) is 22.0 Å². The third-order valence-corrected chi connectivity index (χ3v) is 4.58. The minimum Gasteiger partial charge on any atom is -0.342 e. The van der Waals surface area contributed by atoms with Crippen molar-refractivity contribution in [3.8, 4) is 0 Å². The maximum Gasteiger partial charge on any atom is 0.445 e. The van der Waals surface area contributed by atoms with Gasteiger partial charge >= 0.3 is 6.18 Å². The van der Waals surface area contributed by atoms with Crippen molar-refractivity contribution in [2.75, 3.05) is 18.4 Å². The van der Waals surface area contributed by atoms with E-state index in [9.17, 15) is 22.8 Å². The fourth-order valence-electron chi connectivity index (χ4n) is 2.82. The summed E-state index contributed by atoms with van der Waals surface area (Å²) in [6.45, 7) is 5.51. The summed E-state index contributed by atoms with van der Waals surface area (Å²) >= 11 is 0.257. The number of hydrogen-bond donors (Lipinski definition) is 1. The molecule has 2 rings (SSSR count). The number of carbonyl (C=O) groups excluding carboxylic acids is 2. The molecule has 0 aromatic carbocycles. The van der Waals surface area contributed by atoms with Gasteiger partial charge in [-0.05, 0) is 18.3 Å². The van der Waals surface area contributed by atoms with Gasteiger partial charge in [-0.1, -0.05) is 25.2 Å². The Labute approximate surface area is 141 Å². The van der Waals surface area contributed by atoms with E-state index in [0.29, 0.717) is 24.9 Å². The number of rotatable bonds is 4. The predicted molar refractivity (Wildman–Crippen MR) is 82.3 cm³/mol. The number of halogens is 3. The Bertz CT molecular complexity index is 595. The zero-order chi connectivity index (χ0) is 17.9. The van der Waals surface area contributed by atoms with Crippen LogP contribution in [0.1, 0.15) is 38.1 Å². The SMILES string of the molecule is CC1CC(C)CN(C(=O)CCC(=O)Nc2nnc(C(F)(F)F)s2)C1. The van der Waals surface area contributed by atoms with Crippen molar-refractivity contribution in [1.29, 1.82) is 0 Å². The number of aromatic nitrogens is 2. The number of carbonyl (C=O) groups is 2. The number of likely N-dealkylation sites (tertiary alicyclic amines) is 1. The Balaban J connectivity index is 1.80. The average Bonchev–Trinajstić information content (AvgIpc) is 2.92. The number of piperidine rings is 1. The molecule has 0 saturated carbocycles. The van der Waals surface area contributed by atoms with E-state index in [4.69, 9.17) is 0 Å². The van der Waals surface area contributed by atoms with Crippen molar-refractivity contribution in [2.45, 2.75) is 39.3 Å². The van der Waals surface area contributed by atoms with Crippen LogP contribution in [0.3, 0.4) is 0 Å². The Morgan fingerprint density at radius 2 is 1.83 bits per heavy atom. The van der Waals surface area contributed by atoms with Crippen LogP contribution in [0, 0.1) is 11.8 Å². The van der Waals surface area contributed by atoms with Crippen LogP contribution in [0.4, 0.5) is 18.3 Å². The highest BCUT2D eigenvalue weighted by Crippen LogP contribution is 2.33. The molecular weight excluding hydrogens is 345 g/mol. The maximum atomic E-state index is 12.4. The molecule has 10 heteroatoms. The highest BCUT2D eigenvalue weighted by molar-refractivity contribution is 7.15. The van der Waals surface area contributed by atoms with Gasteiger partial charge in [0.15, 0.2) is 0 Å². The van der Waals surface area contributed by atoms with Gasteiger partial charge < -0.3 is 10.2 Å². The van der Waals surface area contributed by atoms with Crippen LogP contribution in [0.15, 0.2) is 0 Å². The molecule has 1 fully saturated rings. The molecule has 1 aliphatic rings. The van der Waals surface area contributed by atoms with E-state index in [2.05, 4.69) is 29.4 Å². The van der Waals surface area contributed by atoms with E-state index in [1.54, 1.807) is 4.90 Å². The average molecular weight is 364 g/mol. The zero-order valence-corrected chi connectivity index (χ0v) is 14.2. The second kappa shape index (κ2) is 7.45. The lowest BCUT2D eigenvalue weighted by Crippen LogP contribution is -2.42. The van der Waals surface area contributed by atoms with Crippen LogP contribution in [-0.2, 0) is 15.8 Å². The standard InChI is InChI=1S/C14H19F3N4O2S/c1-8-5-9(2)7-21(6-8)11(23)4-3-10(22)18-13-20-19-12(24-13)14(15,16)17/h8-9H,3-7H2,1-2H3,(H,18,20,22). The highest BCUT2D eigenvalue weighted by atomic mass is 32.1. The molecule has 0 radical (unpaired) electrons. The Morgan fingerprint density at radius 3 is 2.38 bits per heavy atom. The molecular formula is C14H19F3N4O2S. The molecule has 24 heavy (non-hydrogen) atoms. The Morgan fingerprint density at radius 1 is 1.21 bits per heavy atom. The minimum absolute atomic E-state index is 0.0240. The second-order valence-corrected chi connectivity index (χ2v) is 7.18. The second-order valence-electron chi connectivity index (χ2n) is 6.20. The van der Waals surface area contributed by atoms with Gasteiger partial charge in [0.1, 0.15) is 0 Å². The lowest BCUT2D eigenvalue weighted by atomic mass is 9.91. The van der Waals surface area contributed by atoms with Gasteiger partial charge in [0, 0.05) is 25.9 Å². The van der Waals surface area contributed by atoms with Crippen molar-refractivity contribution in [1.82, 2.24) is 15.1 Å². The van der Waals surface area contributed by atoms with E-state index in [0.717, 1.165) is 6.42 Å². The molecule has 1 aliphatic heterocycles. The first-order valence-corrected chi connectivity index (χ1v) is 8.45. The van der Waals surface area contributed by atoms with E-state index in [1.165, 1.54) is 0 Å². The predicted octanol–water partition coefficient (Wildman–Crippen LogP) is 2.78. The molecule has 0 bridgehead atoms. The van der Waals surface area contributed by atoms with Crippen molar-refractivity contribution in [3.63, 3.8) is 0 Å². The van der Waals surface area contributed by atoms with Gasteiger partial charge in [-0.2, -0.15) is 13.2 Å². The first kappa shape index (κ1) is 18.6. The summed E-state index contributed by atoms with van der Waals surface area (Å²) in [7, 11) is 0. The molecule has 134 valence electrons. The third-order valence-electron chi connectivity index (χ3n) is 3.70. The number of hydrogen-bond acceptors (Lipinski definition) is 5. The molecule has 6 nitrogen and oxygen atoms in total. The molecule has 1 saturated heterocycles. The molecule has 0 aliphatic carbocycles. The fourth-order valence-corrected chi connectivity index (χ4v) is 3.44. The highest BCUT2D eigenvalue weighted by Gasteiger charge is 2.35. The third kappa shape index (κ3) is 5.15. The summed E-state index contributed by atoms with van der Waals surface area (Å²) in [5.41, 5.74) is 0. The van der Waals surface area contributed by atoms with Crippen LogP contribution in [-0.4, -0.2) is 40.0 Å². The number of nitrogens with one attached hydrogen (secondary N) is 1. The molecule has 2 unspecified atom stereocenters. The topological polar surface area (TPSA) is 75.2 Å². The normalized spacial score (nSPS) is 21.6. The molecule has 1 aromatic rings. The molecule has 2 heterocycles. The zero-order valence-electron chi connectivity index (χ0n) is 13.4. The van der Waals surface area contributed by atoms with Crippen LogP contribution >= 0.6 is 11.3 Å². The van der Waals surface area contributed by atoms with Gasteiger partial charge in [-0.3, -0.25) is 9.59 Å². The van der Waals surface area contributed by atoms with E-state index in [-0.39, 0.29) is 35.2 Å². The summed E-state index contributed by atoms with van der Waals surface area (Å²) < 4.78 is 37.2. The first-order valence-electron chi connectivity index (χ1n) is 7.63. The maximum absolute atomic E-state index is 12.4. The molecule has 2 atom stereocenters. The van der Waals surface area contributed by atoms with Gasteiger partial charge in [-0.25, -0.2) is 0 Å². The number of anilines is 1. The van der Waals surface area contributed by atoms with Gasteiger partial charge in [-0.15, -0.1) is 10.2 Å². The fraction of sp³-hybridized carbons (Fsp3) is 0.714. The smallest absolute Gasteiger partial charge is 0.342 e. The summed E-state index contributed by atoms with van der Waals surface area (Å²) in [4.78, 5) is 25.7. The number of alkyl halides is 3. The lowest BCUT2D eigenvalue weighted by Gasteiger charge is -2.35. The van der Waals surface area contributed by atoms with Gasteiger partial charge in [0.05, 0.1) is 0 Å². The minimum atomic E-state index is -4.59. The Kier molecular flexibility index (Phi) is 5.79. The lowest BCUT2D eigenvalue weighted by molar-refractivity contribution is -0.138. The van der Waals surface area contributed by atoms with Crippen LogP contribution in [0.2, 0.25) is 0 Å². The Hall–Kier alpha value is -1.71. The number of nitrogens with zero attached hydrogens (tertiary/aromatic N) is 3. The molecule has 1 aromatic heterocycles. The molecule has 0 spiro atoms. The largest absolute Gasteiger partial charge is 0.445 e. The number of amides is 2. The molecule has 2 amide bonds. The van der Waals surface area contributed by atoms with E-state index in [1.807, 2.05) is 0 Å². The summed E-state index contributed by atoms with van der Waals surface area (Å²) in [6.07, 6.45) is -3.59. The van der Waals surface area contributed by atoms with Crippen molar-refractivity contribution >= 4 is 28.3 Å². The van der Waals surface area contributed by atoms with Crippen molar-refractivity contribution < 1.29 is 22.8 Å². The first-order chi connectivity index (χ1) is 11.1. The summed E-state index contributed by atoms with van der Waals surface area (Å²) in [5.74, 6) is 0.186. The summed E-state index contributed by atoms with van der Waals surface area (Å²) in [5, 5.41) is 7.16. The van der Waals surface area contributed by atoms with Gasteiger partial charge in [0.25, 0.3) is 0 Å². The van der Waals surface area contributed by atoms with E-state index < -0.39 is 17.1 Å². The quantitative estimate of drug-likeness (QED) is 0.891. The van der Waals surface area contributed by atoms with Crippen LogP contribution in [0.25, 0.3) is 0 Å².